The predicted octanol–water partition coefficient (Wildman–Crippen LogP) is 1.68. The molecule has 72 valence electrons. The van der Waals surface area contributed by atoms with Crippen LogP contribution in [0.1, 0.15) is 0 Å². The normalized spacial score (nSPS) is 18.9. The van der Waals surface area contributed by atoms with Gasteiger partial charge in [0.15, 0.2) is 0 Å². The van der Waals surface area contributed by atoms with E-state index in [1.165, 1.54) is 6.08 Å². The van der Waals surface area contributed by atoms with Gasteiger partial charge in [0.1, 0.15) is 4.99 Å². The maximum Gasteiger partial charge on any atom is 0.262 e. The van der Waals surface area contributed by atoms with Crippen LogP contribution in [0.4, 0.5) is 5.69 Å². The number of rotatable bonds is 1. The van der Waals surface area contributed by atoms with Crippen molar-refractivity contribution in [3.63, 3.8) is 0 Å². The molecule has 0 saturated carbocycles. The zero-order valence-corrected chi connectivity index (χ0v) is 8.75. The van der Waals surface area contributed by atoms with E-state index in [1.807, 2.05) is 6.07 Å². The SMILES string of the molecule is O=S1(=O)C=CC(=S)N1c1ccccc1. The molecule has 3 nitrogen and oxygen atoms in total. The smallest absolute Gasteiger partial charge is 0.225 e. The molecule has 1 aliphatic rings. The number of nitrogens with zero attached hydrogens (tertiary/aromatic N) is 1. The van der Waals surface area contributed by atoms with E-state index in [1.54, 1.807) is 24.3 Å². The maximum atomic E-state index is 11.5. The number of sulfonamides is 1. The second-order valence-electron chi connectivity index (χ2n) is 2.79. The van der Waals surface area contributed by atoms with Gasteiger partial charge < -0.3 is 0 Å². The molecule has 14 heavy (non-hydrogen) atoms. The number of para-hydroxylation sites is 1. The van der Waals surface area contributed by atoms with Crippen molar-refractivity contribution in [1.29, 1.82) is 0 Å². The fraction of sp³-hybridized carbons (Fsp3) is 0. The van der Waals surface area contributed by atoms with E-state index in [2.05, 4.69) is 0 Å². The summed E-state index contributed by atoms with van der Waals surface area (Å²) in [5.74, 6) is 0. The molecule has 1 heterocycles. The van der Waals surface area contributed by atoms with Crippen molar-refractivity contribution in [3.8, 4) is 0 Å². The van der Waals surface area contributed by atoms with Gasteiger partial charge in [-0.1, -0.05) is 30.4 Å². The van der Waals surface area contributed by atoms with Gasteiger partial charge in [0.25, 0.3) is 10.0 Å². The van der Waals surface area contributed by atoms with Crippen LogP contribution < -0.4 is 4.31 Å². The third kappa shape index (κ3) is 1.44. The lowest BCUT2D eigenvalue weighted by Gasteiger charge is -2.16. The second-order valence-corrected chi connectivity index (χ2v) is 4.87. The summed E-state index contributed by atoms with van der Waals surface area (Å²) in [7, 11) is -3.38. The Balaban J connectivity index is 2.52. The van der Waals surface area contributed by atoms with Crippen LogP contribution in [0.3, 0.4) is 0 Å². The van der Waals surface area contributed by atoms with E-state index in [0.29, 0.717) is 10.7 Å². The second kappa shape index (κ2) is 3.18. The van der Waals surface area contributed by atoms with Gasteiger partial charge in [-0.15, -0.1) is 0 Å². The number of thiocarbonyl (C=S) groups is 1. The molecule has 1 aromatic carbocycles. The fourth-order valence-electron chi connectivity index (χ4n) is 1.24. The molecule has 1 aromatic rings. The third-order valence-electron chi connectivity index (χ3n) is 1.83. The van der Waals surface area contributed by atoms with E-state index < -0.39 is 10.0 Å². The first-order valence-electron chi connectivity index (χ1n) is 3.94. The van der Waals surface area contributed by atoms with Crippen LogP contribution in [0.5, 0.6) is 0 Å². The Morgan fingerprint density at radius 3 is 2.29 bits per heavy atom. The highest BCUT2D eigenvalue weighted by atomic mass is 32.2. The van der Waals surface area contributed by atoms with Crippen LogP contribution in [-0.2, 0) is 10.0 Å². The van der Waals surface area contributed by atoms with Gasteiger partial charge >= 0.3 is 0 Å². The zero-order valence-electron chi connectivity index (χ0n) is 7.12. The van der Waals surface area contributed by atoms with Gasteiger partial charge in [-0.05, 0) is 18.2 Å². The number of anilines is 1. The largest absolute Gasteiger partial charge is 0.262 e. The van der Waals surface area contributed by atoms with Gasteiger partial charge in [-0.25, -0.2) is 12.7 Å². The van der Waals surface area contributed by atoms with Crippen LogP contribution in [0, 0.1) is 0 Å². The lowest BCUT2D eigenvalue weighted by atomic mass is 10.3. The molecule has 0 N–H and O–H groups in total. The Kier molecular flexibility index (Phi) is 2.13. The number of hydrogen-bond donors (Lipinski definition) is 0. The Hall–Kier alpha value is -1.20. The fourth-order valence-corrected chi connectivity index (χ4v) is 2.96. The summed E-state index contributed by atoms with van der Waals surface area (Å²) in [6.45, 7) is 0. The first kappa shape index (κ1) is 9.36. The van der Waals surface area contributed by atoms with Crippen LogP contribution in [0.2, 0.25) is 0 Å². The number of hydrogen-bond acceptors (Lipinski definition) is 3. The van der Waals surface area contributed by atoms with Crippen molar-refractivity contribution in [2.24, 2.45) is 0 Å². The Morgan fingerprint density at radius 1 is 1.14 bits per heavy atom. The molecular weight excluding hydrogens is 218 g/mol. The summed E-state index contributed by atoms with van der Waals surface area (Å²) in [6.07, 6.45) is 1.41. The minimum absolute atomic E-state index is 0.302. The van der Waals surface area contributed by atoms with Crippen molar-refractivity contribution in [2.75, 3.05) is 4.31 Å². The summed E-state index contributed by atoms with van der Waals surface area (Å²) in [6, 6.07) is 8.77. The summed E-state index contributed by atoms with van der Waals surface area (Å²) in [5, 5.41) is 1.11. The molecule has 0 bridgehead atoms. The van der Waals surface area contributed by atoms with Crippen LogP contribution in [0.15, 0.2) is 41.8 Å². The summed E-state index contributed by atoms with van der Waals surface area (Å²) < 4.78 is 24.2. The van der Waals surface area contributed by atoms with Gasteiger partial charge in [-0.2, -0.15) is 0 Å². The Morgan fingerprint density at radius 2 is 1.79 bits per heavy atom. The molecule has 0 aromatic heterocycles. The molecule has 0 radical (unpaired) electrons. The van der Waals surface area contributed by atoms with Gasteiger partial charge in [0.2, 0.25) is 0 Å². The van der Waals surface area contributed by atoms with Gasteiger partial charge in [0.05, 0.1) is 11.1 Å². The van der Waals surface area contributed by atoms with Crippen LogP contribution in [-0.4, -0.2) is 13.4 Å². The molecule has 2 rings (SSSR count). The summed E-state index contributed by atoms with van der Waals surface area (Å²) in [4.78, 5) is 0.302. The summed E-state index contributed by atoms with van der Waals surface area (Å²) in [5.41, 5.74) is 0.572. The standard InChI is InChI=1S/C9H7NO2S2/c11-14(12)7-6-9(13)10(14)8-4-2-1-3-5-8/h1-7H. The van der Waals surface area contributed by atoms with Gasteiger partial charge in [0, 0.05) is 0 Å². The molecule has 0 spiro atoms. The van der Waals surface area contributed by atoms with E-state index in [0.717, 1.165) is 9.71 Å². The molecule has 0 amide bonds. The van der Waals surface area contributed by atoms with Crippen molar-refractivity contribution in [2.45, 2.75) is 0 Å². The maximum absolute atomic E-state index is 11.5. The molecule has 5 heteroatoms. The number of benzene rings is 1. The highest BCUT2D eigenvalue weighted by Gasteiger charge is 2.27. The molecule has 0 saturated heterocycles. The van der Waals surface area contributed by atoms with E-state index >= 15 is 0 Å². The summed E-state index contributed by atoms with van der Waals surface area (Å²) >= 11 is 4.93. The lowest BCUT2D eigenvalue weighted by molar-refractivity contribution is 0.606. The molecule has 0 atom stereocenters. The first-order valence-corrected chi connectivity index (χ1v) is 5.85. The van der Waals surface area contributed by atoms with Crippen LogP contribution >= 0.6 is 12.2 Å². The highest BCUT2D eigenvalue weighted by molar-refractivity contribution is 7.99. The topological polar surface area (TPSA) is 37.4 Å². The predicted molar refractivity (Wildman–Crippen MR) is 59.6 cm³/mol. The molecule has 0 fully saturated rings. The van der Waals surface area contributed by atoms with Crippen molar-refractivity contribution in [3.05, 3.63) is 41.8 Å². The Bertz CT molecular complexity index is 491. The quantitative estimate of drug-likeness (QED) is 0.682. The van der Waals surface area contributed by atoms with E-state index in [4.69, 9.17) is 12.2 Å². The van der Waals surface area contributed by atoms with E-state index in [9.17, 15) is 8.42 Å². The van der Waals surface area contributed by atoms with Gasteiger partial charge in [-0.3, -0.25) is 0 Å². The van der Waals surface area contributed by atoms with Crippen molar-refractivity contribution >= 4 is 32.9 Å². The van der Waals surface area contributed by atoms with Crippen molar-refractivity contribution < 1.29 is 8.42 Å². The molecular formula is C9H7NO2S2. The average molecular weight is 225 g/mol. The van der Waals surface area contributed by atoms with Crippen LogP contribution in [0.25, 0.3) is 0 Å². The molecule has 1 aliphatic heterocycles. The van der Waals surface area contributed by atoms with Crippen molar-refractivity contribution in [1.82, 2.24) is 0 Å². The third-order valence-corrected chi connectivity index (χ3v) is 3.66. The average Bonchev–Trinajstić information content (AvgIpc) is 2.42. The monoisotopic (exact) mass is 225 g/mol. The first-order chi connectivity index (χ1) is 6.61. The Labute approximate surface area is 87.7 Å². The minimum atomic E-state index is -3.38. The minimum Gasteiger partial charge on any atom is -0.225 e. The lowest BCUT2D eigenvalue weighted by Crippen LogP contribution is -2.28. The molecule has 0 aliphatic carbocycles. The van der Waals surface area contributed by atoms with E-state index in [-0.39, 0.29) is 0 Å². The molecule has 0 unspecified atom stereocenters. The zero-order chi connectivity index (χ0) is 10.2. The highest BCUT2D eigenvalue weighted by Crippen LogP contribution is 2.23.